The summed E-state index contributed by atoms with van der Waals surface area (Å²) in [5.74, 6) is -1.22. The standard InChI is InChI=1S/C12H16F2O2/c1-12(2,7-15)8-16-6-9-10(13)4-3-5-11(9)14/h3-5,15H,6-8H2,1-2H3. The second-order valence-electron chi connectivity index (χ2n) is 4.52. The van der Waals surface area contributed by atoms with Crippen molar-refractivity contribution in [2.45, 2.75) is 20.5 Å². The molecule has 0 radical (unpaired) electrons. The van der Waals surface area contributed by atoms with Crippen LogP contribution in [0.5, 0.6) is 0 Å². The maximum atomic E-state index is 13.2. The van der Waals surface area contributed by atoms with Crippen LogP contribution in [0.25, 0.3) is 0 Å². The molecule has 2 nitrogen and oxygen atoms in total. The van der Waals surface area contributed by atoms with Crippen molar-refractivity contribution >= 4 is 0 Å². The smallest absolute Gasteiger partial charge is 0.131 e. The Balaban J connectivity index is 2.56. The highest BCUT2D eigenvalue weighted by molar-refractivity contribution is 5.18. The molecule has 0 saturated carbocycles. The lowest BCUT2D eigenvalue weighted by Crippen LogP contribution is -2.23. The Kier molecular flexibility index (Phi) is 4.38. The van der Waals surface area contributed by atoms with Crippen molar-refractivity contribution in [1.82, 2.24) is 0 Å². The van der Waals surface area contributed by atoms with Gasteiger partial charge in [-0.2, -0.15) is 0 Å². The molecule has 0 bridgehead atoms. The van der Waals surface area contributed by atoms with Crippen LogP contribution in [-0.4, -0.2) is 18.3 Å². The molecule has 0 fully saturated rings. The number of rotatable bonds is 5. The molecule has 0 aliphatic heterocycles. The van der Waals surface area contributed by atoms with E-state index < -0.39 is 17.0 Å². The molecule has 0 heterocycles. The van der Waals surface area contributed by atoms with E-state index in [-0.39, 0.29) is 25.4 Å². The molecule has 1 aromatic carbocycles. The molecule has 90 valence electrons. The van der Waals surface area contributed by atoms with Crippen LogP contribution < -0.4 is 0 Å². The fraction of sp³-hybridized carbons (Fsp3) is 0.500. The summed E-state index contributed by atoms with van der Waals surface area (Å²) in [6.07, 6.45) is 0. The van der Waals surface area contributed by atoms with Crippen molar-refractivity contribution in [2.24, 2.45) is 5.41 Å². The van der Waals surface area contributed by atoms with Crippen LogP contribution in [0.15, 0.2) is 18.2 Å². The molecular weight excluding hydrogens is 214 g/mol. The van der Waals surface area contributed by atoms with Crippen LogP contribution in [0.3, 0.4) is 0 Å². The van der Waals surface area contributed by atoms with E-state index in [1.807, 2.05) is 13.8 Å². The van der Waals surface area contributed by atoms with E-state index >= 15 is 0 Å². The van der Waals surface area contributed by atoms with Crippen LogP contribution in [0.2, 0.25) is 0 Å². The number of hydrogen-bond acceptors (Lipinski definition) is 2. The highest BCUT2D eigenvalue weighted by Crippen LogP contribution is 2.17. The zero-order valence-corrected chi connectivity index (χ0v) is 9.46. The molecule has 1 rings (SSSR count). The first kappa shape index (κ1) is 13.1. The van der Waals surface area contributed by atoms with Crippen LogP contribution in [-0.2, 0) is 11.3 Å². The van der Waals surface area contributed by atoms with E-state index in [1.165, 1.54) is 18.2 Å². The highest BCUT2D eigenvalue weighted by atomic mass is 19.1. The van der Waals surface area contributed by atoms with Gasteiger partial charge in [-0.05, 0) is 12.1 Å². The van der Waals surface area contributed by atoms with Crippen molar-refractivity contribution in [1.29, 1.82) is 0 Å². The Morgan fingerprint density at radius 1 is 1.25 bits per heavy atom. The fourth-order valence-corrected chi connectivity index (χ4v) is 1.15. The van der Waals surface area contributed by atoms with Gasteiger partial charge in [-0.3, -0.25) is 0 Å². The van der Waals surface area contributed by atoms with E-state index in [0.717, 1.165) is 0 Å². The molecular formula is C12H16F2O2. The monoisotopic (exact) mass is 230 g/mol. The summed E-state index contributed by atoms with van der Waals surface area (Å²) in [4.78, 5) is 0. The quantitative estimate of drug-likeness (QED) is 0.842. The van der Waals surface area contributed by atoms with Crippen molar-refractivity contribution in [3.05, 3.63) is 35.4 Å². The first-order valence-electron chi connectivity index (χ1n) is 5.08. The van der Waals surface area contributed by atoms with Gasteiger partial charge in [-0.15, -0.1) is 0 Å². The summed E-state index contributed by atoms with van der Waals surface area (Å²) in [6.45, 7) is 3.71. The molecule has 0 saturated heterocycles. The molecule has 16 heavy (non-hydrogen) atoms. The van der Waals surface area contributed by atoms with E-state index in [1.54, 1.807) is 0 Å². The Morgan fingerprint density at radius 2 is 1.81 bits per heavy atom. The third-order valence-corrected chi connectivity index (χ3v) is 2.23. The number of aliphatic hydroxyl groups excluding tert-OH is 1. The minimum absolute atomic E-state index is 0.0350. The lowest BCUT2D eigenvalue weighted by Gasteiger charge is -2.21. The largest absolute Gasteiger partial charge is 0.396 e. The van der Waals surface area contributed by atoms with Crippen molar-refractivity contribution in [3.63, 3.8) is 0 Å². The van der Waals surface area contributed by atoms with Gasteiger partial charge in [0.2, 0.25) is 0 Å². The predicted molar refractivity (Wildman–Crippen MR) is 56.9 cm³/mol. The Morgan fingerprint density at radius 3 is 2.31 bits per heavy atom. The van der Waals surface area contributed by atoms with E-state index in [4.69, 9.17) is 9.84 Å². The molecule has 0 unspecified atom stereocenters. The van der Waals surface area contributed by atoms with Gasteiger partial charge < -0.3 is 9.84 Å². The third kappa shape index (κ3) is 3.54. The number of halogens is 2. The third-order valence-electron chi connectivity index (χ3n) is 2.23. The summed E-state index contributed by atoms with van der Waals surface area (Å²) in [5.41, 5.74) is -0.474. The first-order valence-corrected chi connectivity index (χ1v) is 5.08. The molecule has 0 spiro atoms. The Hall–Kier alpha value is -1.00. The highest BCUT2D eigenvalue weighted by Gasteiger charge is 2.17. The predicted octanol–water partition coefficient (Wildman–Crippen LogP) is 2.50. The van der Waals surface area contributed by atoms with Crippen molar-refractivity contribution in [2.75, 3.05) is 13.2 Å². The summed E-state index contributed by atoms with van der Waals surface area (Å²) in [7, 11) is 0. The SMILES string of the molecule is CC(C)(CO)COCc1c(F)cccc1F. The fourth-order valence-electron chi connectivity index (χ4n) is 1.15. The molecule has 0 aromatic heterocycles. The summed E-state index contributed by atoms with van der Waals surface area (Å²) in [6, 6.07) is 3.70. The Labute approximate surface area is 93.9 Å². The average Bonchev–Trinajstić information content (AvgIpc) is 2.22. The van der Waals surface area contributed by atoms with Gasteiger partial charge in [-0.1, -0.05) is 19.9 Å². The van der Waals surface area contributed by atoms with Crippen LogP contribution >= 0.6 is 0 Å². The van der Waals surface area contributed by atoms with E-state index in [9.17, 15) is 8.78 Å². The lowest BCUT2D eigenvalue weighted by molar-refractivity contribution is 0.0178. The average molecular weight is 230 g/mol. The van der Waals surface area contributed by atoms with Crippen LogP contribution in [0, 0.1) is 17.0 Å². The van der Waals surface area contributed by atoms with E-state index in [2.05, 4.69) is 0 Å². The topological polar surface area (TPSA) is 29.5 Å². The summed E-state index contributed by atoms with van der Waals surface area (Å²) >= 11 is 0. The number of ether oxygens (including phenoxy) is 1. The first-order chi connectivity index (χ1) is 7.46. The van der Waals surface area contributed by atoms with Crippen LogP contribution in [0.1, 0.15) is 19.4 Å². The summed E-state index contributed by atoms with van der Waals surface area (Å²) < 4.78 is 31.6. The van der Waals surface area contributed by atoms with Gasteiger partial charge in [-0.25, -0.2) is 8.78 Å². The second-order valence-corrected chi connectivity index (χ2v) is 4.52. The molecule has 4 heteroatoms. The maximum Gasteiger partial charge on any atom is 0.131 e. The zero-order valence-electron chi connectivity index (χ0n) is 9.46. The molecule has 0 aliphatic carbocycles. The van der Waals surface area contributed by atoms with Crippen molar-refractivity contribution in [3.8, 4) is 0 Å². The van der Waals surface area contributed by atoms with E-state index in [0.29, 0.717) is 0 Å². The molecule has 0 atom stereocenters. The van der Waals surface area contributed by atoms with Gasteiger partial charge in [0.1, 0.15) is 11.6 Å². The van der Waals surface area contributed by atoms with Crippen molar-refractivity contribution < 1.29 is 18.6 Å². The lowest BCUT2D eigenvalue weighted by atomic mass is 9.96. The molecule has 0 amide bonds. The molecule has 1 N–H and O–H groups in total. The van der Waals surface area contributed by atoms with Gasteiger partial charge in [0.05, 0.1) is 19.8 Å². The number of benzene rings is 1. The normalized spacial score (nSPS) is 11.8. The van der Waals surface area contributed by atoms with Gasteiger partial charge in [0.25, 0.3) is 0 Å². The summed E-state index contributed by atoms with van der Waals surface area (Å²) in [5, 5.41) is 8.97. The zero-order chi connectivity index (χ0) is 12.2. The maximum absolute atomic E-state index is 13.2. The number of hydrogen-bond donors (Lipinski definition) is 1. The van der Waals surface area contributed by atoms with Crippen LogP contribution in [0.4, 0.5) is 8.78 Å². The second kappa shape index (κ2) is 5.37. The Bertz CT molecular complexity index is 331. The van der Waals surface area contributed by atoms with Gasteiger partial charge in [0, 0.05) is 11.0 Å². The minimum Gasteiger partial charge on any atom is -0.396 e. The molecule has 0 aliphatic rings. The molecule has 1 aromatic rings. The number of aliphatic hydroxyl groups is 1. The van der Waals surface area contributed by atoms with Gasteiger partial charge in [0.15, 0.2) is 0 Å². The minimum atomic E-state index is -0.609. The van der Waals surface area contributed by atoms with Gasteiger partial charge >= 0.3 is 0 Å².